The second-order valence-electron chi connectivity index (χ2n) is 16.9. The standard InChI is InChI=1S/2C22H24F3N7O3/c2*1-12-5-18-16(11-31(12)22(34)28-14-3-4-17(23)13(6-14)7-26)20-21(33)30(2)35-15(10-32(20)29-18)8-27-9-19(24)25/h2*3-4,6,12,15,19,27H,5,8-11H2,1-2H3,(H,28,34)/t12-,15+;12-,15-/m11/s1. The first-order chi connectivity index (χ1) is 33.3. The van der Waals surface area contributed by atoms with E-state index in [0.717, 1.165) is 22.3 Å². The molecule has 20 nitrogen and oxygen atoms in total. The maximum Gasteiger partial charge on any atom is 0.322 e. The predicted octanol–water partition coefficient (Wildman–Crippen LogP) is 4.23. The molecule has 0 saturated heterocycles. The lowest BCUT2D eigenvalue weighted by molar-refractivity contribution is -0.146. The third-order valence-electron chi connectivity index (χ3n) is 11.8. The number of nitriles is 2. The Kier molecular flexibility index (Phi) is 15.6. The van der Waals surface area contributed by atoms with Gasteiger partial charge in [-0.25, -0.2) is 46.1 Å². The fourth-order valence-corrected chi connectivity index (χ4v) is 8.45. The number of hydrogen-bond acceptors (Lipinski definition) is 12. The van der Waals surface area contributed by atoms with Crippen LogP contribution in [0.3, 0.4) is 0 Å². The number of hydroxylamine groups is 4. The van der Waals surface area contributed by atoms with Gasteiger partial charge in [0.25, 0.3) is 24.7 Å². The highest BCUT2D eigenvalue weighted by Crippen LogP contribution is 2.31. The van der Waals surface area contributed by atoms with Crippen molar-refractivity contribution in [2.75, 3.05) is 50.9 Å². The van der Waals surface area contributed by atoms with Gasteiger partial charge in [-0.15, -0.1) is 0 Å². The molecule has 0 bridgehead atoms. The van der Waals surface area contributed by atoms with Crippen LogP contribution in [0, 0.1) is 34.3 Å². The molecule has 0 fully saturated rings. The molecule has 4 atom stereocenters. The van der Waals surface area contributed by atoms with Crippen molar-refractivity contribution >= 4 is 35.3 Å². The van der Waals surface area contributed by atoms with Gasteiger partial charge in [0.15, 0.2) is 0 Å². The number of nitrogens with zero attached hydrogens (tertiary/aromatic N) is 10. The highest BCUT2D eigenvalue weighted by molar-refractivity contribution is 5.96. The quantitative estimate of drug-likeness (QED) is 0.164. The molecular weight excluding hydrogens is 935 g/mol. The molecule has 4 aliphatic heterocycles. The molecule has 4 aliphatic rings. The van der Waals surface area contributed by atoms with Crippen LogP contribution in [0.5, 0.6) is 0 Å². The van der Waals surface area contributed by atoms with Crippen LogP contribution in [0.1, 0.15) is 68.5 Å². The van der Waals surface area contributed by atoms with Gasteiger partial charge < -0.3 is 31.1 Å². The Morgan fingerprint density at radius 2 is 1.09 bits per heavy atom. The van der Waals surface area contributed by atoms with Crippen LogP contribution in [0.15, 0.2) is 36.4 Å². The molecule has 70 heavy (non-hydrogen) atoms. The monoisotopic (exact) mass is 982 g/mol. The number of rotatable bonds is 10. The molecule has 0 aliphatic carbocycles. The third kappa shape index (κ3) is 11.3. The van der Waals surface area contributed by atoms with Gasteiger partial charge in [0.1, 0.15) is 47.4 Å². The zero-order valence-corrected chi connectivity index (χ0v) is 38.2. The van der Waals surface area contributed by atoms with E-state index in [1.807, 2.05) is 13.8 Å². The molecule has 4 aromatic rings. The Labute approximate surface area is 396 Å². The number of fused-ring (bicyclic) bond motifs is 6. The topological polar surface area (TPSA) is 231 Å². The molecule has 0 spiro atoms. The van der Waals surface area contributed by atoms with Crippen molar-refractivity contribution in [1.82, 2.24) is 50.1 Å². The van der Waals surface area contributed by atoms with E-state index in [1.165, 1.54) is 57.5 Å². The van der Waals surface area contributed by atoms with Gasteiger partial charge in [0, 0.05) is 74.6 Å². The number of halogens is 6. The van der Waals surface area contributed by atoms with Gasteiger partial charge in [-0.05, 0) is 50.2 Å². The Balaban J connectivity index is 0.000000206. The molecule has 4 N–H and O–H groups in total. The average molecular weight is 983 g/mol. The molecule has 372 valence electrons. The Bertz CT molecular complexity index is 2540. The molecule has 0 saturated carbocycles. The van der Waals surface area contributed by atoms with Crippen LogP contribution >= 0.6 is 0 Å². The van der Waals surface area contributed by atoms with Crippen molar-refractivity contribution in [3.8, 4) is 12.1 Å². The zero-order chi connectivity index (χ0) is 50.6. The van der Waals surface area contributed by atoms with E-state index in [0.29, 0.717) is 35.4 Å². The largest absolute Gasteiger partial charge is 0.322 e. The number of benzene rings is 2. The van der Waals surface area contributed by atoms with Crippen LogP contribution in [-0.2, 0) is 48.7 Å². The van der Waals surface area contributed by atoms with Crippen LogP contribution in [0.2, 0.25) is 0 Å². The second kappa shape index (κ2) is 21.6. The summed E-state index contributed by atoms with van der Waals surface area (Å²) in [5, 5.41) is 39.9. The lowest BCUT2D eigenvalue weighted by Gasteiger charge is -2.33. The number of urea groups is 2. The minimum Gasteiger partial charge on any atom is -0.317 e. The van der Waals surface area contributed by atoms with Crippen LogP contribution in [0.25, 0.3) is 0 Å². The average Bonchev–Trinajstić information content (AvgIpc) is 3.76. The molecule has 0 unspecified atom stereocenters. The van der Waals surface area contributed by atoms with E-state index in [9.17, 15) is 45.5 Å². The highest BCUT2D eigenvalue weighted by atomic mass is 19.3. The zero-order valence-electron chi connectivity index (χ0n) is 38.2. The van der Waals surface area contributed by atoms with Gasteiger partial charge >= 0.3 is 12.1 Å². The number of carbonyl (C=O) groups is 4. The maximum absolute atomic E-state index is 13.6. The Morgan fingerprint density at radius 3 is 1.44 bits per heavy atom. The number of nitrogens with one attached hydrogen (secondary N) is 4. The van der Waals surface area contributed by atoms with Crippen molar-refractivity contribution in [1.29, 1.82) is 10.5 Å². The summed E-state index contributed by atoms with van der Waals surface area (Å²) in [5.74, 6) is -2.28. The van der Waals surface area contributed by atoms with E-state index in [-0.39, 0.29) is 85.2 Å². The van der Waals surface area contributed by atoms with E-state index in [4.69, 9.17) is 20.2 Å². The summed E-state index contributed by atoms with van der Waals surface area (Å²) in [6.45, 7) is 3.41. The smallest absolute Gasteiger partial charge is 0.317 e. The maximum atomic E-state index is 13.6. The van der Waals surface area contributed by atoms with Crippen molar-refractivity contribution in [3.05, 3.63) is 93.1 Å². The number of aromatic nitrogens is 4. The summed E-state index contributed by atoms with van der Waals surface area (Å²) in [4.78, 5) is 66.4. The van der Waals surface area contributed by atoms with Crippen LogP contribution in [0.4, 0.5) is 47.3 Å². The summed E-state index contributed by atoms with van der Waals surface area (Å²) in [6.07, 6.45) is -5.44. The SMILES string of the molecule is C[C@@H]1Cc2nn3c(c2CN1C(=O)Nc1ccc(F)c(C#N)c1)C(=O)N(C)O[C@@H](CNCC(F)F)C3.C[C@@H]1Cc2nn3c(c2CN1C(=O)Nc1ccc(F)c(C#N)c1)C(=O)N(C)O[C@H](CNCC(F)F)C3. The lowest BCUT2D eigenvalue weighted by atomic mass is 9.99. The summed E-state index contributed by atoms with van der Waals surface area (Å²) in [7, 11) is 2.88. The van der Waals surface area contributed by atoms with E-state index < -0.39 is 73.7 Å². The number of alkyl halides is 4. The molecule has 2 aromatic carbocycles. The molecule has 26 heteroatoms. The number of anilines is 2. The van der Waals surface area contributed by atoms with Crippen molar-refractivity contribution in [2.24, 2.45) is 0 Å². The van der Waals surface area contributed by atoms with Crippen molar-refractivity contribution in [2.45, 2.75) is 90.0 Å². The van der Waals surface area contributed by atoms with E-state index in [2.05, 4.69) is 31.5 Å². The van der Waals surface area contributed by atoms with Gasteiger partial charge in [-0.3, -0.25) is 28.6 Å². The summed E-state index contributed by atoms with van der Waals surface area (Å²) in [6, 6.07) is 9.41. The Morgan fingerprint density at radius 1 is 0.700 bits per heavy atom. The van der Waals surface area contributed by atoms with Crippen molar-refractivity contribution < 1.29 is 55.2 Å². The van der Waals surface area contributed by atoms with Gasteiger partial charge in [-0.1, -0.05) is 0 Å². The molecule has 6 amide bonds. The predicted molar refractivity (Wildman–Crippen MR) is 234 cm³/mol. The minimum atomic E-state index is -2.51. The van der Waals surface area contributed by atoms with Crippen molar-refractivity contribution in [3.63, 3.8) is 0 Å². The van der Waals surface area contributed by atoms with Gasteiger partial charge in [-0.2, -0.15) is 20.7 Å². The molecular formula is C44H48F6N14O6. The highest BCUT2D eigenvalue weighted by Gasteiger charge is 2.39. The first-order valence-electron chi connectivity index (χ1n) is 21.9. The van der Waals surface area contributed by atoms with E-state index >= 15 is 0 Å². The molecule has 2 aromatic heterocycles. The number of amides is 6. The van der Waals surface area contributed by atoms with E-state index in [1.54, 1.807) is 12.1 Å². The number of carbonyl (C=O) groups excluding carboxylic acids is 4. The minimum absolute atomic E-state index is 0.0951. The van der Waals surface area contributed by atoms with Crippen LogP contribution in [-0.4, -0.2) is 141 Å². The number of hydrogen-bond donors (Lipinski definition) is 4. The second-order valence-corrected chi connectivity index (χ2v) is 16.9. The van der Waals surface area contributed by atoms with Gasteiger partial charge in [0.05, 0.1) is 61.8 Å². The first-order valence-corrected chi connectivity index (χ1v) is 21.9. The summed E-state index contributed by atoms with van der Waals surface area (Å²) in [5.41, 5.74) is 3.21. The van der Waals surface area contributed by atoms with Crippen LogP contribution < -0.4 is 21.3 Å². The summed E-state index contributed by atoms with van der Waals surface area (Å²) < 4.78 is 80.2. The lowest BCUT2D eigenvalue weighted by Crippen LogP contribution is -2.45. The van der Waals surface area contributed by atoms with Gasteiger partial charge in [0.2, 0.25) is 0 Å². The normalized spacial score (nSPS) is 19.7. The molecule has 8 rings (SSSR count). The molecule has 6 heterocycles. The fraction of sp³-hybridized carbons (Fsp3) is 0.455. The first kappa shape index (κ1) is 50.6. The third-order valence-corrected chi connectivity index (χ3v) is 11.8. The summed E-state index contributed by atoms with van der Waals surface area (Å²) >= 11 is 0. The fourth-order valence-electron chi connectivity index (χ4n) is 8.45. The Hall–Kier alpha value is -7.26. The molecule has 0 radical (unpaired) electrons.